The topological polar surface area (TPSA) is 102 Å². The van der Waals surface area contributed by atoms with Crippen LogP contribution in [0.15, 0.2) is 9.42 Å². The number of hydrogen-bond donors (Lipinski definition) is 1. The predicted molar refractivity (Wildman–Crippen MR) is 101 cm³/mol. The summed E-state index contributed by atoms with van der Waals surface area (Å²) < 4.78 is 37.5. The number of carbonyl (C=O) groups excluding carboxylic acids is 1. The molecule has 0 spiro atoms. The van der Waals surface area contributed by atoms with Crippen LogP contribution in [0.3, 0.4) is 0 Å². The SMILES string of the molecule is Cc1noc(C)c1S(=O)(=O)N1CCC(C(=O)NCCCOCC(C)C)CC1. The number of amides is 1. The smallest absolute Gasteiger partial charge is 0.248 e. The summed E-state index contributed by atoms with van der Waals surface area (Å²) in [5, 5.41) is 6.66. The lowest BCUT2D eigenvalue weighted by atomic mass is 9.97. The van der Waals surface area contributed by atoms with Crippen molar-refractivity contribution in [2.45, 2.75) is 51.9 Å². The van der Waals surface area contributed by atoms with E-state index >= 15 is 0 Å². The van der Waals surface area contributed by atoms with Crippen LogP contribution in [0.25, 0.3) is 0 Å². The highest BCUT2D eigenvalue weighted by atomic mass is 32.2. The molecule has 9 heteroatoms. The highest BCUT2D eigenvalue weighted by Crippen LogP contribution is 2.27. The zero-order valence-corrected chi connectivity index (χ0v) is 17.5. The van der Waals surface area contributed by atoms with Crippen LogP contribution in [0.2, 0.25) is 0 Å². The Hall–Kier alpha value is -1.45. The minimum Gasteiger partial charge on any atom is -0.381 e. The van der Waals surface area contributed by atoms with Crippen molar-refractivity contribution in [3.05, 3.63) is 11.5 Å². The summed E-state index contributed by atoms with van der Waals surface area (Å²) in [6.07, 6.45) is 1.80. The molecule has 0 atom stereocenters. The van der Waals surface area contributed by atoms with Gasteiger partial charge in [0.25, 0.3) is 0 Å². The van der Waals surface area contributed by atoms with Crippen molar-refractivity contribution >= 4 is 15.9 Å². The molecular formula is C18H31N3O5S. The second kappa shape index (κ2) is 9.66. The zero-order chi connectivity index (χ0) is 20.0. The van der Waals surface area contributed by atoms with Crippen LogP contribution in [-0.4, -0.2) is 56.6 Å². The first-order chi connectivity index (χ1) is 12.7. The molecule has 27 heavy (non-hydrogen) atoms. The normalized spacial score (nSPS) is 16.8. The van der Waals surface area contributed by atoms with Crippen molar-refractivity contribution in [1.29, 1.82) is 0 Å². The number of sulfonamides is 1. The summed E-state index contributed by atoms with van der Waals surface area (Å²) in [5.41, 5.74) is 0.368. The number of nitrogens with one attached hydrogen (secondary N) is 1. The first-order valence-electron chi connectivity index (χ1n) is 9.52. The molecular weight excluding hydrogens is 370 g/mol. The summed E-state index contributed by atoms with van der Waals surface area (Å²) in [5.74, 6) is 0.643. The monoisotopic (exact) mass is 401 g/mol. The van der Waals surface area contributed by atoms with Crippen molar-refractivity contribution < 1.29 is 22.5 Å². The van der Waals surface area contributed by atoms with Crippen LogP contribution in [0.5, 0.6) is 0 Å². The molecule has 0 aliphatic carbocycles. The van der Waals surface area contributed by atoms with E-state index in [1.54, 1.807) is 13.8 Å². The minimum absolute atomic E-state index is 0.00625. The average molecular weight is 402 g/mol. The zero-order valence-electron chi connectivity index (χ0n) is 16.7. The molecule has 0 saturated carbocycles. The Bertz CT molecular complexity index is 702. The summed E-state index contributed by atoms with van der Waals surface area (Å²) in [6.45, 7) is 9.99. The third kappa shape index (κ3) is 5.76. The maximum atomic E-state index is 12.8. The van der Waals surface area contributed by atoms with Gasteiger partial charge < -0.3 is 14.6 Å². The number of hydrogen-bond acceptors (Lipinski definition) is 6. The van der Waals surface area contributed by atoms with Gasteiger partial charge >= 0.3 is 0 Å². The fourth-order valence-electron chi connectivity index (χ4n) is 3.18. The average Bonchev–Trinajstić information content (AvgIpc) is 2.96. The van der Waals surface area contributed by atoms with Gasteiger partial charge in [-0.3, -0.25) is 4.79 Å². The first kappa shape index (κ1) is 21.8. The van der Waals surface area contributed by atoms with Crippen molar-refractivity contribution in [2.75, 3.05) is 32.8 Å². The van der Waals surface area contributed by atoms with Gasteiger partial charge in [-0.1, -0.05) is 19.0 Å². The molecule has 0 unspecified atom stereocenters. The first-order valence-corrected chi connectivity index (χ1v) is 11.0. The predicted octanol–water partition coefficient (Wildman–Crippen LogP) is 1.87. The van der Waals surface area contributed by atoms with E-state index < -0.39 is 10.0 Å². The molecule has 154 valence electrons. The number of aryl methyl sites for hydroxylation is 2. The highest BCUT2D eigenvalue weighted by molar-refractivity contribution is 7.89. The number of nitrogens with zero attached hydrogens (tertiary/aromatic N) is 2. The number of aromatic nitrogens is 1. The minimum atomic E-state index is -3.63. The van der Waals surface area contributed by atoms with Gasteiger partial charge in [-0.25, -0.2) is 8.42 Å². The van der Waals surface area contributed by atoms with Crippen molar-refractivity contribution in [2.24, 2.45) is 11.8 Å². The molecule has 1 aromatic rings. The third-order valence-corrected chi connectivity index (χ3v) is 6.75. The van der Waals surface area contributed by atoms with Gasteiger partial charge in [-0.2, -0.15) is 4.31 Å². The fourth-order valence-corrected chi connectivity index (χ4v) is 4.94. The van der Waals surface area contributed by atoms with Gasteiger partial charge in [-0.15, -0.1) is 0 Å². The summed E-state index contributed by atoms with van der Waals surface area (Å²) in [4.78, 5) is 12.4. The van der Waals surface area contributed by atoms with Crippen molar-refractivity contribution in [1.82, 2.24) is 14.8 Å². The van der Waals surface area contributed by atoms with E-state index in [2.05, 4.69) is 24.3 Å². The number of carbonyl (C=O) groups is 1. The van der Waals surface area contributed by atoms with Crippen LogP contribution in [-0.2, 0) is 19.6 Å². The third-order valence-electron chi connectivity index (χ3n) is 4.61. The Labute approximate surface area is 161 Å². The molecule has 0 radical (unpaired) electrons. The molecule has 1 aromatic heterocycles. The molecule has 1 amide bonds. The van der Waals surface area contributed by atoms with E-state index in [-0.39, 0.29) is 16.7 Å². The summed E-state index contributed by atoms with van der Waals surface area (Å²) in [7, 11) is -3.63. The van der Waals surface area contributed by atoms with E-state index in [1.807, 2.05) is 0 Å². The summed E-state index contributed by atoms with van der Waals surface area (Å²) in [6, 6.07) is 0. The van der Waals surface area contributed by atoms with Crippen molar-refractivity contribution in [3.63, 3.8) is 0 Å². The molecule has 0 bridgehead atoms. The van der Waals surface area contributed by atoms with Gasteiger partial charge in [0.1, 0.15) is 10.6 Å². The van der Waals surface area contributed by atoms with E-state index in [0.29, 0.717) is 56.5 Å². The molecule has 1 aliphatic heterocycles. The van der Waals surface area contributed by atoms with Crippen LogP contribution in [0.1, 0.15) is 44.6 Å². The molecule has 2 rings (SSSR count). The van der Waals surface area contributed by atoms with Crippen LogP contribution >= 0.6 is 0 Å². The van der Waals surface area contributed by atoms with Gasteiger partial charge in [-0.05, 0) is 39.0 Å². The largest absolute Gasteiger partial charge is 0.381 e. The standard InChI is InChI=1S/C18H31N3O5S/c1-13(2)12-25-11-5-8-19-18(22)16-6-9-21(10-7-16)27(23,24)17-14(3)20-26-15(17)4/h13,16H,5-12H2,1-4H3,(H,19,22). The fraction of sp³-hybridized carbons (Fsp3) is 0.778. The Morgan fingerprint density at radius 3 is 2.56 bits per heavy atom. The van der Waals surface area contributed by atoms with Crippen molar-refractivity contribution in [3.8, 4) is 0 Å². The highest BCUT2D eigenvalue weighted by Gasteiger charge is 2.35. The Morgan fingerprint density at radius 1 is 1.33 bits per heavy atom. The molecule has 8 nitrogen and oxygen atoms in total. The Kier molecular flexibility index (Phi) is 7.81. The maximum absolute atomic E-state index is 12.8. The van der Waals surface area contributed by atoms with E-state index in [4.69, 9.17) is 9.26 Å². The van der Waals surface area contributed by atoms with Gasteiger partial charge in [0, 0.05) is 38.8 Å². The Balaban J connectivity index is 1.77. The van der Waals surface area contributed by atoms with Crippen LogP contribution in [0, 0.1) is 25.7 Å². The van der Waals surface area contributed by atoms with Gasteiger partial charge in [0.15, 0.2) is 5.76 Å². The van der Waals surface area contributed by atoms with E-state index in [0.717, 1.165) is 13.0 Å². The molecule has 2 heterocycles. The second-order valence-corrected chi connectivity index (χ2v) is 9.32. The van der Waals surface area contributed by atoms with Gasteiger partial charge in [0.2, 0.25) is 15.9 Å². The summed E-state index contributed by atoms with van der Waals surface area (Å²) >= 11 is 0. The number of piperidine rings is 1. The lowest BCUT2D eigenvalue weighted by molar-refractivity contribution is -0.126. The molecule has 1 saturated heterocycles. The maximum Gasteiger partial charge on any atom is 0.248 e. The van der Waals surface area contributed by atoms with Gasteiger partial charge in [0.05, 0.1) is 0 Å². The molecule has 1 aliphatic rings. The van der Waals surface area contributed by atoms with Crippen LogP contribution in [0.4, 0.5) is 0 Å². The quantitative estimate of drug-likeness (QED) is 0.634. The van der Waals surface area contributed by atoms with Crippen LogP contribution < -0.4 is 5.32 Å². The lowest BCUT2D eigenvalue weighted by Crippen LogP contribution is -2.43. The second-order valence-electron chi connectivity index (χ2n) is 7.44. The van der Waals surface area contributed by atoms with E-state index in [1.165, 1.54) is 4.31 Å². The number of rotatable bonds is 9. The Morgan fingerprint density at radius 2 is 2.00 bits per heavy atom. The lowest BCUT2D eigenvalue weighted by Gasteiger charge is -2.30. The van der Waals surface area contributed by atoms with E-state index in [9.17, 15) is 13.2 Å². The molecule has 1 N–H and O–H groups in total. The molecule has 1 fully saturated rings. The molecule has 0 aromatic carbocycles. The number of ether oxygens (including phenoxy) is 1.